The number of amides is 1. The second-order valence-corrected chi connectivity index (χ2v) is 5.90. The highest BCUT2D eigenvalue weighted by molar-refractivity contribution is 6.04. The SMILES string of the molecule is CCc1oc2ccccc2c1CN(C)C(=O)C1(C(=O)O)CC1. The lowest BCUT2D eigenvalue weighted by atomic mass is 10.0. The van der Waals surface area contributed by atoms with Crippen LogP contribution in [-0.4, -0.2) is 28.9 Å². The van der Waals surface area contributed by atoms with Gasteiger partial charge in [0.1, 0.15) is 16.8 Å². The van der Waals surface area contributed by atoms with Gasteiger partial charge in [0, 0.05) is 31.0 Å². The van der Waals surface area contributed by atoms with Crippen LogP contribution in [0.4, 0.5) is 0 Å². The molecule has 1 aliphatic rings. The Morgan fingerprint density at radius 2 is 2.00 bits per heavy atom. The second kappa shape index (κ2) is 5.16. The van der Waals surface area contributed by atoms with Crippen LogP contribution in [0.1, 0.15) is 31.1 Å². The maximum atomic E-state index is 12.4. The lowest BCUT2D eigenvalue weighted by Gasteiger charge is -2.21. The third-order valence-corrected chi connectivity index (χ3v) is 4.41. The molecule has 1 fully saturated rings. The molecule has 5 heteroatoms. The molecule has 1 aromatic carbocycles. The van der Waals surface area contributed by atoms with E-state index in [0.717, 1.165) is 28.7 Å². The molecule has 1 N–H and O–H groups in total. The minimum Gasteiger partial charge on any atom is -0.480 e. The Morgan fingerprint density at radius 1 is 1.32 bits per heavy atom. The van der Waals surface area contributed by atoms with Crippen molar-refractivity contribution in [2.24, 2.45) is 5.41 Å². The van der Waals surface area contributed by atoms with E-state index >= 15 is 0 Å². The molecule has 22 heavy (non-hydrogen) atoms. The summed E-state index contributed by atoms with van der Waals surface area (Å²) < 4.78 is 5.82. The zero-order chi connectivity index (χ0) is 15.9. The number of carbonyl (C=O) groups excluding carboxylic acids is 1. The highest BCUT2D eigenvalue weighted by Crippen LogP contribution is 2.47. The summed E-state index contributed by atoms with van der Waals surface area (Å²) in [6, 6.07) is 7.71. The van der Waals surface area contributed by atoms with Gasteiger partial charge in [-0.1, -0.05) is 25.1 Å². The number of hydrogen-bond donors (Lipinski definition) is 1. The topological polar surface area (TPSA) is 70.8 Å². The average Bonchev–Trinajstić information content (AvgIpc) is 3.25. The van der Waals surface area contributed by atoms with Crippen LogP contribution in [0.25, 0.3) is 11.0 Å². The maximum Gasteiger partial charge on any atom is 0.319 e. The molecule has 1 aliphatic carbocycles. The highest BCUT2D eigenvalue weighted by Gasteiger charge is 2.58. The van der Waals surface area contributed by atoms with E-state index in [1.807, 2.05) is 31.2 Å². The number of aryl methyl sites for hydroxylation is 1. The van der Waals surface area contributed by atoms with Crippen LogP contribution in [0.3, 0.4) is 0 Å². The van der Waals surface area contributed by atoms with Gasteiger partial charge in [0.25, 0.3) is 0 Å². The molecule has 0 bridgehead atoms. The number of carboxylic acid groups (broad SMARTS) is 1. The summed E-state index contributed by atoms with van der Waals surface area (Å²) in [5.41, 5.74) is 0.574. The summed E-state index contributed by atoms with van der Waals surface area (Å²) in [4.78, 5) is 25.3. The first kappa shape index (κ1) is 14.6. The van der Waals surface area contributed by atoms with Gasteiger partial charge in [-0.25, -0.2) is 0 Å². The maximum absolute atomic E-state index is 12.4. The number of furan rings is 1. The fourth-order valence-corrected chi connectivity index (χ4v) is 2.93. The van der Waals surface area contributed by atoms with Crippen LogP contribution in [0.5, 0.6) is 0 Å². The summed E-state index contributed by atoms with van der Waals surface area (Å²) in [6.45, 7) is 2.37. The Labute approximate surface area is 128 Å². The molecule has 2 aromatic rings. The van der Waals surface area contributed by atoms with E-state index in [1.165, 1.54) is 4.90 Å². The number of rotatable bonds is 5. The van der Waals surface area contributed by atoms with Gasteiger partial charge in [0.2, 0.25) is 5.91 Å². The fourth-order valence-electron chi connectivity index (χ4n) is 2.93. The Bertz CT molecular complexity index is 742. The Balaban J connectivity index is 1.90. The lowest BCUT2D eigenvalue weighted by Crippen LogP contribution is -2.38. The molecule has 0 aliphatic heterocycles. The van der Waals surface area contributed by atoms with E-state index in [2.05, 4.69) is 0 Å². The van der Waals surface area contributed by atoms with Gasteiger partial charge >= 0.3 is 5.97 Å². The first-order valence-corrected chi connectivity index (χ1v) is 7.48. The van der Waals surface area contributed by atoms with Crippen molar-refractivity contribution in [1.29, 1.82) is 0 Å². The van der Waals surface area contributed by atoms with Gasteiger partial charge in [-0.05, 0) is 18.9 Å². The van der Waals surface area contributed by atoms with Crippen LogP contribution in [0.15, 0.2) is 28.7 Å². The zero-order valence-corrected chi connectivity index (χ0v) is 12.8. The molecular weight excluding hydrogens is 282 g/mol. The molecule has 0 unspecified atom stereocenters. The number of carbonyl (C=O) groups is 2. The second-order valence-electron chi connectivity index (χ2n) is 5.90. The van der Waals surface area contributed by atoms with E-state index in [1.54, 1.807) is 7.05 Å². The molecule has 3 rings (SSSR count). The Hall–Kier alpha value is -2.30. The summed E-state index contributed by atoms with van der Waals surface area (Å²) in [6.07, 6.45) is 1.59. The first-order valence-electron chi connectivity index (χ1n) is 7.48. The zero-order valence-electron chi connectivity index (χ0n) is 12.8. The van der Waals surface area contributed by atoms with E-state index in [0.29, 0.717) is 19.4 Å². The smallest absolute Gasteiger partial charge is 0.319 e. The molecule has 1 amide bonds. The Morgan fingerprint density at radius 3 is 2.59 bits per heavy atom. The van der Waals surface area contributed by atoms with Crippen LogP contribution >= 0.6 is 0 Å². The lowest BCUT2D eigenvalue weighted by molar-refractivity contribution is -0.153. The van der Waals surface area contributed by atoms with Crippen molar-refractivity contribution >= 4 is 22.8 Å². The fraction of sp³-hybridized carbons (Fsp3) is 0.412. The number of benzene rings is 1. The standard InChI is InChI=1S/C17H19NO4/c1-3-13-12(11-6-4-5-7-14(11)22-13)10-18(2)15(19)17(8-9-17)16(20)21/h4-7H,3,8-10H2,1-2H3,(H,20,21). The van der Waals surface area contributed by atoms with Crippen molar-refractivity contribution in [2.45, 2.75) is 32.7 Å². The van der Waals surface area contributed by atoms with Crippen molar-refractivity contribution in [3.8, 4) is 0 Å². The third kappa shape index (κ3) is 2.17. The number of aliphatic carboxylic acids is 1. The van der Waals surface area contributed by atoms with E-state index in [-0.39, 0.29) is 5.91 Å². The van der Waals surface area contributed by atoms with Crippen LogP contribution in [0.2, 0.25) is 0 Å². The van der Waals surface area contributed by atoms with Gasteiger partial charge in [-0.3, -0.25) is 9.59 Å². The predicted octanol–water partition coefficient (Wildman–Crippen LogP) is 2.82. The first-order chi connectivity index (χ1) is 10.5. The van der Waals surface area contributed by atoms with Gasteiger partial charge in [-0.15, -0.1) is 0 Å². The molecule has 0 atom stereocenters. The summed E-state index contributed by atoms with van der Waals surface area (Å²) in [5, 5.41) is 10.2. The molecule has 0 saturated heterocycles. The quantitative estimate of drug-likeness (QED) is 0.862. The molecular formula is C17H19NO4. The summed E-state index contributed by atoms with van der Waals surface area (Å²) in [7, 11) is 1.66. The third-order valence-electron chi connectivity index (χ3n) is 4.41. The van der Waals surface area contributed by atoms with Crippen molar-refractivity contribution in [1.82, 2.24) is 4.90 Å². The minimum atomic E-state index is -1.19. The van der Waals surface area contributed by atoms with Gasteiger partial charge in [0.05, 0.1) is 0 Å². The molecule has 1 aromatic heterocycles. The monoisotopic (exact) mass is 301 g/mol. The van der Waals surface area contributed by atoms with E-state index in [9.17, 15) is 14.7 Å². The van der Waals surface area contributed by atoms with E-state index in [4.69, 9.17) is 4.42 Å². The number of hydrogen-bond acceptors (Lipinski definition) is 3. The van der Waals surface area contributed by atoms with Crippen LogP contribution in [0, 0.1) is 5.41 Å². The van der Waals surface area contributed by atoms with Crippen molar-refractivity contribution in [2.75, 3.05) is 7.05 Å². The molecule has 0 spiro atoms. The number of nitrogens with zero attached hydrogens (tertiary/aromatic N) is 1. The van der Waals surface area contributed by atoms with E-state index < -0.39 is 11.4 Å². The molecule has 1 saturated carbocycles. The molecule has 1 heterocycles. The number of para-hydroxylation sites is 1. The average molecular weight is 301 g/mol. The van der Waals surface area contributed by atoms with Crippen LogP contribution in [-0.2, 0) is 22.6 Å². The van der Waals surface area contributed by atoms with Crippen LogP contribution < -0.4 is 0 Å². The molecule has 0 radical (unpaired) electrons. The number of carboxylic acids is 1. The van der Waals surface area contributed by atoms with Gasteiger partial charge in [0.15, 0.2) is 0 Å². The summed E-state index contributed by atoms with van der Waals surface area (Å²) in [5.74, 6) is -0.481. The Kier molecular flexibility index (Phi) is 3.43. The summed E-state index contributed by atoms with van der Waals surface area (Å²) >= 11 is 0. The largest absolute Gasteiger partial charge is 0.480 e. The predicted molar refractivity (Wildman–Crippen MR) is 81.4 cm³/mol. The molecule has 116 valence electrons. The van der Waals surface area contributed by atoms with Crippen molar-refractivity contribution < 1.29 is 19.1 Å². The molecule has 5 nitrogen and oxygen atoms in total. The minimum absolute atomic E-state index is 0.313. The highest BCUT2D eigenvalue weighted by atomic mass is 16.4. The van der Waals surface area contributed by atoms with Gasteiger partial charge < -0.3 is 14.4 Å². The van der Waals surface area contributed by atoms with Crippen molar-refractivity contribution in [3.05, 3.63) is 35.6 Å². The normalized spacial score (nSPS) is 15.7. The number of fused-ring (bicyclic) bond motifs is 1. The van der Waals surface area contributed by atoms with Crippen molar-refractivity contribution in [3.63, 3.8) is 0 Å². The van der Waals surface area contributed by atoms with Gasteiger partial charge in [-0.2, -0.15) is 0 Å².